The number of methoxy groups -OCH3 is 1. The molecule has 2 aromatic carbocycles. The van der Waals surface area contributed by atoms with Crippen molar-refractivity contribution < 1.29 is 33.3 Å². The number of unbranched alkanes of at least 4 members (excludes halogenated alkanes) is 2. The Labute approximate surface area is 298 Å². The van der Waals surface area contributed by atoms with Crippen molar-refractivity contribution in [3.63, 3.8) is 0 Å². The number of nitrogens with one attached hydrogen (secondary N) is 2. The number of nitrogens with zero attached hydrogens (tertiary/aromatic N) is 1. The summed E-state index contributed by atoms with van der Waals surface area (Å²) in [5.41, 5.74) is 3.68. The number of carbonyl (C=O) groups excluding carboxylic acids is 3. The van der Waals surface area contributed by atoms with Crippen LogP contribution in [-0.4, -0.2) is 94.9 Å². The molecule has 2 aromatic rings. The molecule has 0 radical (unpaired) electrons. The van der Waals surface area contributed by atoms with Gasteiger partial charge in [-0.2, -0.15) is 0 Å². The number of rotatable bonds is 25. The lowest BCUT2D eigenvalue weighted by atomic mass is 10.0. The van der Waals surface area contributed by atoms with E-state index in [0.717, 1.165) is 56.5 Å². The van der Waals surface area contributed by atoms with Crippen molar-refractivity contribution in [1.82, 2.24) is 15.5 Å². The van der Waals surface area contributed by atoms with Gasteiger partial charge in [0, 0.05) is 59.1 Å². The first-order valence-electron chi connectivity index (χ1n) is 18.8. The Morgan fingerprint density at radius 2 is 1.42 bits per heavy atom. The van der Waals surface area contributed by atoms with Crippen LogP contribution < -0.4 is 15.4 Å². The fourth-order valence-corrected chi connectivity index (χ4v) is 6.76. The first kappa shape index (κ1) is 39.5. The van der Waals surface area contributed by atoms with Crippen molar-refractivity contribution in [1.29, 1.82) is 0 Å². The number of benzene rings is 2. The van der Waals surface area contributed by atoms with Crippen LogP contribution >= 0.6 is 0 Å². The van der Waals surface area contributed by atoms with Gasteiger partial charge in [-0.1, -0.05) is 49.2 Å². The molecule has 2 atom stereocenters. The number of urea groups is 1. The minimum absolute atomic E-state index is 0.0263. The number of ether oxygens (including phenoxy) is 4. The van der Waals surface area contributed by atoms with E-state index in [1.54, 1.807) is 7.11 Å². The number of fused-ring (bicyclic) bond motifs is 1. The van der Waals surface area contributed by atoms with Gasteiger partial charge < -0.3 is 29.6 Å². The zero-order chi connectivity index (χ0) is 35.2. The van der Waals surface area contributed by atoms with Gasteiger partial charge in [0.2, 0.25) is 0 Å². The fourth-order valence-electron chi connectivity index (χ4n) is 6.76. The highest BCUT2D eigenvalue weighted by molar-refractivity contribution is 5.80. The maximum atomic E-state index is 12.6. The number of ketones is 2. The summed E-state index contributed by atoms with van der Waals surface area (Å²) >= 11 is 0. The number of carbonyl (C=O) groups is 3. The lowest BCUT2D eigenvalue weighted by Crippen LogP contribution is -2.43. The summed E-state index contributed by atoms with van der Waals surface area (Å²) in [5.74, 6) is 1.32. The number of amides is 2. The molecule has 1 aliphatic carbocycles. The summed E-state index contributed by atoms with van der Waals surface area (Å²) < 4.78 is 22.7. The summed E-state index contributed by atoms with van der Waals surface area (Å²) in [6, 6.07) is 16.8. The third kappa shape index (κ3) is 14.5. The summed E-state index contributed by atoms with van der Waals surface area (Å²) in [4.78, 5) is 38.8. The first-order chi connectivity index (χ1) is 24.5. The van der Waals surface area contributed by atoms with Crippen molar-refractivity contribution in [2.75, 3.05) is 66.3 Å². The van der Waals surface area contributed by atoms with E-state index >= 15 is 0 Å². The Kier molecular flexibility index (Phi) is 18.3. The molecule has 276 valence electrons. The van der Waals surface area contributed by atoms with Gasteiger partial charge in [0.25, 0.3) is 0 Å². The second kappa shape index (κ2) is 23.2. The van der Waals surface area contributed by atoms with Crippen LogP contribution in [-0.2, 0) is 36.6 Å². The van der Waals surface area contributed by atoms with Gasteiger partial charge in [-0.15, -0.1) is 0 Å². The summed E-state index contributed by atoms with van der Waals surface area (Å²) in [5, 5.41) is 5.60. The molecule has 50 heavy (non-hydrogen) atoms. The Morgan fingerprint density at radius 3 is 2.22 bits per heavy atom. The number of Topliss-reactive ketones (excluding diaryl/α,β-unsaturated/α-hetero) is 2. The molecule has 4 rings (SSSR count). The molecule has 10 nitrogen and oxygen atoms in total. The largest absolute Gasteiger partial charge is 0.484 e. The maximum Gasteiger partial charge on any atom is 0.314 e. The Hall–Kier alpha value is -3.31. The third-order valence-electron chi connectivity index (χ3n) is 9.46. The van der Waals surface area contributed by atoms with Crippen LogP contribution in [0.1, 0.15) is 93.4 Å². The average molecular weight is 694 g/mol. The van der Waals surface area contributed by atoms with Gasteiger partial charge in [-0.25, -0.2) is 4.79 Å². The first-order valence-corrected chi connectivity index (χ1v) is 18.8. The number of hydrogen-bond donors (Lipinski definition) is 2. The van der Waals surface area contributed by atoms with Crippen LogP contribution in [0.3, 0.4) is 0 Å². The van der Waals surface area contributed by atoms with Gasteiger partial charge in [0.1, 0.15) is 23.4 Å². The number of hydrogen-bond acceptors (Lipinski definition) is 8. The lowest BCUT2D eigenvalue weighted by molar-refractivity contribution is -0.120. The van der Waals surface area contributed by atoms with Crippen molar-refractivity contribution in [3.8, 4) is 5.75 Å². The molecule has 0 aromatic heterocycles. The van der Waals surface area contributed by atoms with Crippen LogP contribution in [0.5, 0.6) is 5.75 Å². The summed E-state index contributed by atoms with van der Waals surface area (Å²) in [7, 11) is 1.64. The van der Waals surface area contributed by atoms with Gasteiger partial charge >= 0.3 is 6.03 Å². The molecular weight excluding hydrogens is 634 g/mol. The predicted molar refractivity (Wildman–Crippen MR) is 195 cm³/mol. The lowest BCUT2D eigenvalue weighted by Gasteiger charge is -2.35. The van der Waals surface area contributed by atoms with Crippen LogP contribution in [0, 0.1) is 0 Å². The minimum atomic E-state index is -0.217. The van der Waals surface area contributed by atoms with Gasteiger partial charge in [-0.05, 0) is 86.9 Å². The van der Waals surface area contributed by atoms with E-state index in [1.165, 1.54) is 30.4 Å². The third-order valence-corrected chi connectivity index (χ3v) is 9.46. The quantitative estimate of drug-likeness (QED) is 0.122. The molecule has 10 heteroatoms. The normalized spacial score (nSPS) is 17.3. The molecule has 1 aliphatic heterocycles. The van der Waals surface area contributed by atoms with Gasteiger partial charge in [0.15, 0.2) is 0 Å². The van der Waals surface area contributed by atoms with E-state index in [9.17, 15) is 14.4 Å². The molecule has 0 bridgehead atoms. The van der Waals surface area contributed by atoms with E-state index in [1.807, 2.05) is 24.3 Å². The standard InChI is InChI=1S/C40H59N3O7/c1-47-25-10-14-34(44)13-4-2-7-21-41-40(46)42-22-27-49-29-28-48-26-11-15-35(45)30-32-17-19-36(20-18-32)50-39-37-16-6-5-12-33(37)31-38(39)43-23-8-3-9-24-43/h5-6,12,16-20,38-39H,2-4,7-11,13-15,21-31H2,1H3,(H2,41,42,46)/t38-,39-/m0/s1. The van der Waals surface area contributed by atoms with Crippen molar-refractivity contribution in [3.05, 3.63) is 65.2 Å². The molecule has 1 saturated heterocycles. The van der Waals surface area contributed by atoms with Gasteiger partial charge in [-0.3, -0.25) is 14.5 Å². The van der Waals surface area contributed by atoms with Crippen LogP contribution in [0.2, 0.25) is 0 Å². The van der Waals surface area contributed by atoms with Crippen LogP contribution in [0.25, 0.3) is 0 Å². The molecule has 1 heterocycles. The average Bonchev–Trinajstić information content (AvgIpc) is 3.50. The molecule has 0 saturated carbocycles. The van der Waals surface area contributed by atoms with Gasteiger partial charge in [0.05, 0.1) is 25.9 Å². The Balaban J connectivity index is 0.981. The summed E-state index contributed by atoms with van der Waals surface area (Å²) in [6.07, 6.45) is 11.0. The Bertz CT molecular complexity index is 1280. The van der Waals surface area contributed by atoms with Crippen molar-refractivity contribution >= 4 is 17.6 Å². The Morgan fingerprint density at radius 1 is 0.720 bits per heavy atom. The molecule has 2 amide bonds. The molecule has 1 fully saturated rings. The van der Waals surface area contributed by atoms with E-state index in [2.05, 4.69) is 39.8 Å². The number of likely N-dealkylation sites (tertiary alicyclic amines) is 1. The zero-order valence-electron chi connectivity index (χ0n) is 30.1. The van der Waals surface area contributed by atoms with E-state index in [4.69, 9.17) is 18.9 Å². The topological polar surface area (TPSA) is 115 Å². The highest BCUT2D eigenvalue weighted by Crippen LogP contribution is 2.39. The van der Waals surface area contributed by atoms with E-state index in [-0.39, 0.29) is 23.7 Å². The number of piperidine rings is 1. The highest BCUT2D eigenvalue weighted by Gasteiger charge is 2.38. The molecule has 0 spiro atoms. The molecule has 2 N–H and O–H groups in total. The minimum Gasteiger partial charge on any atom is -0.484 e. The molecule has 2 aliphatic rings. The van der Waals surface area contributed by atoms with E-state index in [0.29, 0.717) is 84.3 Å². The molecular formula is C40H59N3O7. The second-order valence-electron chi connectivity index (χ2n) is 13.4. The maximum absolute atomic E-state index is 12.6. The second-order valence-corrected chi connectivity index (χ2v) is 13.4. The van der Waals surface area contributed by atoms with E-state index < -0.39 is 0 Å². The smallest absolute Gasteiger partial charge is 0.314 e. The van der Waals surface area contributed by atoms with Crippen LogP contribution in [0.4, 0.5) is 4.79 Å². The van der Waals surface area contributed by atoms with Crippen molar-refractivity contribution in [2.24, 2.45) is 0 Å². The fraction of sp³-hybridized carbons (Fsp3) is 0.625. The van der Waals surface area contributed by atoms with Crippen molar-refractivity contribution in [2.45, 2.75) is 95.6 Å². The SMILES string of the molecule is COCCCC(=O)CCCCCNC(=O)NCCOCCOCCCC(=O)Cc1ccc(O[C@H]2c3ccccc3C[C@@H]2N2CCCCC2)cc1. The molecule has 0 unspecified atom stereocenters. The highest BCUT2D eigenvalue weighted by atomic mass is 16.5. The zero-order valence-corrected chi connectivity index (χ0v) is 30.1. The van der Waals surface area contributed by atoms with Crippen LogP contribution in [0.15, 0.2) is 48.5 Å². The summed E-state index contributed by atoms with van der Waals surface area (Å²) in [6.45, 7) is 5.68. The predicted octanol–water partition coefficient (Wildman–Crippen LogP) is 6.00. The monoisotopic (exact) mass is 693 g/mol.